The molecule has 0 bridgehead atoms. The number of alkyl halides is 3. The number of carbonyl (C=O) groups excluding carboxylic acids is 3. The van der Waals surface area contributed by atoms with Crippen molar-refractivity contribution in [1.82, 2.24) is 10.6 Å². The minimum absolute atomic E-state index is 0.106. The van der Waals surface area contributed by atoms with Crippen molar-refractivity contribution in [2.75, 3.05) is 0 Å². The van der Waals surface area contributed by atoms with Crippen LogP contribution in [0.2, 0.25) is 0 Å². The summed E-state index contributed by atoms with van der Waals surface area (Å²) in [6.45, 7) is 0. The normalized spacial score (nSPS) is 15.7. The van der Waals surface area contributed by atoms with Crippen molar-refractivity contribution in [3.63, 3.8) is 0 Å². The average Bonchev–Trinajstić information content (AvgIpc) is 3.60. The quantitative estimate of drug-likeness (QED) is 0.194. The number of halogens is 3. The van der Waals surface area contributed by atoms with Gasteiger partial charge in [-0.1, -0.05) is 24.3 Å². The van der Waals surface area contributed by atoms with E-state index >= 15 is 0 Å². The van der Waals surface area contributed by atoms with Crippen LogP contribution in [-0.2, 0) is 33.4 Å². The predicted octanol–water partition coefficient (Wildman–Crippen LogP) is 0.342. The Kier molecular flexibility index (Phi) is 8.06. The van der Waals surface area contributed by atoms with E-state index in [2.05, 4.69) is 15.6 Å². The molecule has 37 heavy (non-hydrogen) atoms. The fourth-order valence-electron chi connectivity index (χ4n) is 3.64. The van der Waals surface area contributed by atoms with E-state index in [1.165, 1.54) is 12.1 Å². The van der Waals surface area contributed by atoms with Crippen molar-refractivity contribution in [2.24, 2.45) is 27.9 Å². The average molecular weight is 520 g/mol. The van der Waals surface area contributed by atoms with Crippen LogP contribution in [0.15, 0.2) is 53.5 Å². The molecule has 2 atom stereocenters. The molecule has 1 aliphatic carbocycles. The number of benzene rings is 2. The minimum Gasteiger partial charge on any atom is -0.370 e. The van der Waals surface area contributed by atoms with Crippen molar-refractivity contribution in [2.45, 2.75) is 49.5 Å². The van der Waals surface area contributed by atoms with Gasteiger partial charge in [-0.05, 0) is 54.7 Å². The van der Waals surface area contributed by atoms with Gasteiger partial charge in [-0.2, -0.15) is 13.2 Å². The van der Waals surface area contributed by atoms with Crippen LogP contribution in [0.4, 0.5) is 18.9 Å². The lowest BCUT2D eigenvalue weighted by atomic mass is 10.0. The van der Waals surface area contributed by atoms with Gasteiger partial charge in [0, 0.05) is 6.42 Å². The third-order valence-corrected chi connectivity index (χ3v) is 5.93. The molecule has 0 spiro atoms. The highest BCUT2D eigenvalue weighted by Crippen LogP contribution is 2.35. The van der Waals surface area contributed by atoms with Crippen LogP contribution < -0.4 is 33.6 Å². The first-order valence-corrected chi connectivity index (χ1v) is 11.3. The maximum absolute atomic E-state index is 13.0. The van der Waals surface area contributed by atoms with E-state index < -0.39 is 47.1 Å². The number of nitrogens with zero attached hydrogens (tertiary/aromatic N) is 1. The van der Waals surface area contributed by atoms with Crippen LogP contribution in [0, 0.1) is 0 Å². The Bertz CT molecular complexity index is 1170. The van der Waals surface area contributed by atoms with E-state index in [1.54, 1.807) is 24.3 Å². The maximum Gasteiger partial charge on any atom is 0.416 e. The number of hydrogen-bond donors (Lipinski definition) is 6. The summed E-state index contributed by atoms with van der Waals surface area (Å²) < 4.78 is 38.7. The molecule has 3 amide bonds. The Balaban J connectivity index is 1.72. The zero-order chi connectivity index (χ0) is 27.4. The van der Waals surface area contributed by atoms with Crippen LogP contribution in [0.3, 0.4) is 0 Å². The number of nitrogens with one attached hydrogen (secondary N) is 2. The molecule has 13 heteroatoms. The Labute approximate surface area is 210 Å². The third-order valence-electron chi connectivity index (χ3n) is 5.93. The number of carbonyl (C=O) groups is 3. The number of amides is 3. The Morgan fingerprint density at radius 2 is 1.43 bits per heavy atom. The van der Waals surface area contributed by atoms with Crippen LogP contribution in [-0.4, -0.2) is 41.3 Å². The lowest BCUT2D eigenvalue weighted by Crippen LogP contribution is -2.57. The van der Waals surface area contributed by atoms with Gasteiger partial charge in [0.2, 0.25) is 17.7 Å². The van der Waals surface area contributed by atoms with Crippen molar-refractivity contribution < 1.29 is 27.6 Å². The summed E-state index contributed by atoms with van der Waals surface area (Å²) in [4.78, 5) is 41.5. The summed E-state index contributed by atoms with van der Waals surface area (Å²) in [7, 11) is 0. The molecule has 0 radical (unpaired) electrons. The monoisotopic (exact) mass is 519 g/mol. The van der Waals surface area contributed by atoms with Gasteiger partial charge in [-0.15, -0.1) is 0 Å². The van der Waals surface area contributed by atoms with Gasteiger partial charge in [-0.25, -0.2) is 4.99 Å². The van der Waals surface area contributed by atoms with E-state index in [-0.39, 0.29) is 18.8 Å². The molecule has 2 aromatic rings. The van der Waals surface area contributed by atoms with Crippen LogP contribution in [0.1, 0.15) is 29.5 Å². The first kappa shape index (κ1) is 27.5. The summed E-state index contributed by atoms with van der Waals surface area (Å²) in [5, 5.41) is 5.11. The van der Waals surface area contributed by atoms with Crippen molar-refractivity contribution >= 4 is 29.4 Å². The number of aliphatic imine (C=N–C) groups is 1. The fourth-order valence-corrected chi connectivity index (χ4v) is 3.64. The molecule has 0 aromatic heterocycles. The van der Waals surface area contributed by atoms with Gasteiger partial charge in [0.1, 0.15) is 11.6 Å². The lowest BCUT2D eigenvalue weighted by Gasteiger charge is -2.23. The zero-order valence-electron chi connectivity index (χ0n) is 19.7. The topological polar surface area (TPSA) is 192 Å². The van der Waals surface area contributed by atoms with Crippen molar-refractivity contribution in [1.29, 1.82) is 0 Å². The van der Waals surface area contributed by atoms with Crippen molar-refractivity contribution in [3.8, 4) is 0 Å². The van der Waals surface area contributed by atoms with Gasteiger partial charge in [0.25, 0.3) is 0 Å². The van der Waals surface area contributed by atoms with E-state index in [0.717, 1.165) is 12.1 Å². The van der Waals surface area contributed by atoms with E-state index in [4.69, 9.17) is 22.9 Å². The zero-order valence-corrected chi connectivity index (χ0v) is 19.7. The minimum atomic E-state index is -4.52. The highest BCUT2D eigenvalue weighted by Gasteiger charge is 2.50. The van der Waals surface area contributed by atoms with E-state index in [0.29, 0.717) is 29.7 Å². The molecule has 10 nitrogen and oxygen atoms in total. The molecule has 10 N–H and O–H groups in total. The molecule has 1 fully saturated rings. The van der Waals surface area contributed by atoms with Crippen LogP contribution in [0.25, 0.3) is 0 Å². The highest BCUT2D eigenvalue weighted by atomic mass is 19.4. The second kappa shape index (κ2) is 10.9. The van der Waals surface area contributed by atoms with Gasteiger partial charge >= 0.3 is 6.18 Å². The highest BCUT2D eigenvalue weighted by molar-refractivity contribution is 5.96. The number of rotatable bonds is 10. The molecule has 0 unspecified atom stereocenters. The molecule has 1 aliphatic rings. The summed E-state index contributed by atoms with van der Waals surface area (Å²) in [5.74, 6) is -2.17. The standard InChI is InChI=1S/C24H28F3N7O3/c25-24(26,27)15-5-1-14(2-6-15)12-18(20(36)34-23(9-10-23)21(29)37)33-19(35)17(28)11-13-3-7-16(8-4-13)32-22(30)31/h1-8,17-18H,9-12,28H2,(H2,29,37)(H,33,35)(H,34,36)(H4,30,31,32)/t17-,18-/m0/s1. The fraction of sp³-hybridized carbons (Fsp3) is 0.333. The molecule has 0 heterocycles. The number of nitrogens with two attached hydrogens (primary N) is 4. The van der Waals surface area contributed by atoms with Gasteiger partial charge in [0.15, 0.2) is 5.96 Å². The summed E-state index contributed by atoms with van der Waals surface area (Å²) in [6, 6.07) is 8.59. The molecule has 3 rings (SSSR count). The van der Waals surface area contributed by atoms with E-state index in [1.807, 2.05) is 0 Å². The number of guanidine groups is 1. The second-order valence-electron chi connectivity index (χ2n) is 8.91. The largest absolute Gasteiger partial charge is 0.416 e. The molecule has 198 valence electrons. The first-order chi connectivity index (χ1) is 17.3. The van der Waals surface area contributed by atoms with Gasteiger partial charge in [-0.3, -0.25) is 14.4 Å². The SMILES string of the molecule is NC(=O)C1(NC(=O)[C@H](Cc2ccc(C(F)(F)F)cc2)NC(=O)[C@@H](N)Cc2ccc(N=C(N)N)cc2)CC1. The first-order valence-electron chi connectivity index (χ1n) is 11.3. The Hall–Kier alpha value is -4.13. The molecule has 2 aromatic carbocycles. The van der Waals surface area contributed by atoms with Gasteiger partial charge in [0.05, 0.1) is 17.3 Å². The Morgan fingerprint density at radius 3 is 1.92 bits per heavy atom. The molecule has 0 saturated heterocycles. The molecular formula is C24H28F3N7O3. The smallest absolute Gasteiger partial charge is 0.370 e. The summed E-state index contributed by atoms with van der Waals surface area (Å²) in [5.41, 5.74) is 21.6. The number of hydrogen-bond acceptors (Lipinski definition) is 5. The van der Waals surface area contributed by atoms with Crippen LogP contribution in [0.5, 0.6) is 0 Å². The van der Waals surface area contributed by atoms with Crippen LogP contribution >= 0.6 is 0 Å². The molecular weight excluding hydrogens is 491 g/mol. The second-order valence-corrected chi connectivity index (χ2v) is 8.91. The van der Waals surface area contributed by atoms with Gasteiger partial charge < -0.3 is 33.6 Å². The number of primary amides is 1. The predicted molar refractivity (Wildman–Crippen MR) is 130 cm³/mol. The summed E-state index contributed by atoms with van der Waals surface area (Å²) >= 11 is 0. The summed E-state index contributed by atoms with van der Waals surface area (Å²) in [6.07, 6.45) is -3.83. The van der Waals surface area contributed by atoms with Crippen molar-refractivity contribution in [3.05, 3.63) is 65.2 Å². The lowest BCUT2D eigenvalue weighted by molar-refractivity contribution is -0.137. The Morgan fingerprint density at radius 1 is 0.892 bits per heavy atom. The maximum atomic E-state index is 13.0. The third kappa shape index (κ3) is 7.43. The molecule has 0 aliphatic heterocycles. The molecule has 1 saturated carbocycles. The van der Waals surface area contributed by atoms with E-state index in [9.17, 15) is 27.6 Å².